The lowest BCUT2D eigenvalue weighted by molar-refractivity contribution is 0.0696. The van der Waals surface area contributed by atoms with E-state index in [1.54, 1.807) is 16.8 Å². The summed E-state index contributed by atoms with van der Waals surface area (Å²) in [6.45, 7) is 0. The van der Waals surface area contributed by atoms with Gasteiger partial charge in [-0.3, -0.25) is 4.79 Å². The van der Waals surface area contributed by atoms with E-state index in [2.05, 4.69) is 10.3 Å². The molecule has 1 aliphatic carbocycles. The van der Waals surface area contributed by atoms with Crippen molar-refractivity contribution >= 4 is 12.3 Å². The molecule has 1 aliphatic rings. The monoisotopic (exact) mass is 257 g/mol. The van der Waals surface area contributed by atoms with Crippen molar-refractivity contribution in [3.63, 3.8) is 0 Å². The molecule has 1 fully saturated rings. The van der Waals surface area contributed by atoms with Gasteiger partial charge in [-0.05, 0) is 37.1 Å². The van der Waals surface area contributed by atoms with Crippen LogP contribution in [0.25, 0.3) is 5.69 Å². The first-order valence-corrected chi connectivity index (χ1v) is 5.95. The molecule has 0 unspecified atom stereocenters. The van der Waals surface area contributed by atoms with Gasteiger partial charge in [-0.25, -0.2) is 9.48 Å². The molecule has 1 saturated carbocycles. The maximum atomic E-state index is 11.0. The van der Waals surface area contributed by atoms with Crippen molar-refractivity contribution in [3.8, 4) is 5.69 Å². The number of carboxylic acid groups (broad SMARTS) is 1. The molecule has 0 spiro atoms. The quantitative estimate of drug-likeness (QED) is 0.842. The van der Waals surface area contributed by atoms with Gasteiger partial charge < -0.3 is 5.11 Å². The molecule has 0 radical (unpaired) electrons. The molecular formula is C13H11N3O3. The number of aromatic nitrogens is 3. The molecule has 1 heterocycles. The van der Waals surface area contributed by atoms with Gasteiger partial charge in [0.1, 0.15) is 5.69 Å². The van der Waals surface area contributed by atoms with E-state index < -0.39 is 5.97 Å². The van der Waals surface area contributed by atoms with Gasteiger partial charge in [0.05, 0.1) is 16.9 Å². The van der Waals surface area contributed by atoms with Crippen molar-refractivity contribution in [3.05, 3.63) is 41.2 Å². The highest BCUT2D eigenvalue weighted by molar-refractivity contribution is 5.87. The molecule has 1 aromatic carbocycles. The number of carbonyl (C=O) groups excluding carboxylic acids is 1. The first-order valence-electron chi connectivity index (χ1n) is 5.95. The van der Waals surface area contributed by atoms with Crippen LogP contribution in [0.2, 0.25) is 0 Å². The highest BCUT2D eigenvalue weighted by atomic mass is 16.4. The fraction of sp³-hybridized carbons (Fsp3) is 0.231. The van der Waals surface area contributed by atoms with Crippen molar-refractivity contribution in [2.45, 2.75) is 18.8 Å². The Morgan fingerprint density at radius 3 is 2.53 bits per heavy atom. The van der Waals surface area contributed by atoms with Crippen LogP contribution < -0.4 is 0 Å². The van der Waals surface area contributed by atoms with Gasteiger partial charge >= 0.3 is 5.97 Å². The minimum atomic E-state index is -0.971. The van der Waals surface area contributed by atoms with Crippen LogP contribution in [0.4, 0.5) is 0 Å². The summed E-state index contributed by atoms with van der Waals surface area (Å²) in [7, 11) is 0. The van der Waals surface area contributed by atoms with Gasteiger partial charge in [-0.2, -0.15) is 0 Å². The fourth-order valence-electron chi connectivity index (χ4n) is 2.06. The Balaban J connectivity index is 2.04. The Bertz CT molecular complexity index is 642. The molecular weight excluding hydrogens is 246 g/mol. The second kappa shape index (κ2) is 4.31. The van der Waals surface area contributed by atoms with Gasteiger partial charge in [0.25, 0.3) is 0 Å². The molecule has 2 aromatic rings. The molecule has 19 heavy (non-hydrogen) atoms. The van der Waals surface area contributed by atoms with Crippen molar-refractivity contribution in [1.29, 1.82) is 0 Å². The topological polar surface area (TPSA) is 85.1 Å². The third-order valence-electron chi connectivity index (χ3n) is 3.17. The Hall–Kier alpha value is -2.50. The van der Waals surface area contributed by atoms with Gasteiger partial charge in [0.2, 0.25) is 0 Å². The van der Waals surface area contributed by atoms with Crippen LogP contribution in [0.1, 0.15) is 45.3 Å². The number of hydrogen-bond donors (Lipinski definition) is 1. The van der Waals surface area contributed by atoms with E-state index in [0.29, 0.717) is 23.6 Å². The lowest BCUT2D eigenvalue weighted by Crippen LogP contribution is -2.03. The molecule has 0 atom stereocenters. The standard InChI is InChI=1S/C13H11N3O3/c17-7-11-12(8-1-2-8)16(15-14-11)10-5-3-9(4-6-10)13(18)19/h3-8H,1-2H2,(H,18,19). The van der Waals surface area contributed by atoms with Gasteiger partial charge in [-0.15, -0.1) is 5.10 Å². The van der Waals surface area contributed by atoms with E-state index in [-0.39, 0.29) is 5.56 Å². The molecule has 3 rings (SSSR count). The second-order valence-corrected chi connectivity index (χ2v) is 4.52. The molecule has 0 bridgehead atoms. The number of hydrogen-bond acceptors (Lipinski definition) is 4. The SMILES string of the molecule is O=Cc1nnn(-c2ccc(C(=O)O)cc2)c1C1CC1. The number of nitrogens with zero attached hydrogens (tertiary/aromatic N) is 3. The lowest BCUT2D eigenvalue weighted by atomic mass is 10.2. The Morgan fingerprint density at radius 1 is 1.32 bits per heavy atom. The highest BCUT2D eigenvalue weighted by Gasteiger charge is 2.31. The van der Waals surface area contributed by atoms with E-state index in [0.717, 1.165) is 18.5 Å². The van der Waals surface area contributed by atoms with Crippen LogP contribution >= 0.6 is 0 Å². The van der Waals surface area contributed by atoms with Crippen molar-refractivity contribution in [1.82, 2.24) is 15.0 Å². The summed E-state index contributed by atoms with van der Waals surface area (Å²) in [5.41, 5.74) is 2.11. The van der Waals surface area contributed by atoms with Crippen LogP contribution in [-0.4, -0.2) is 32.4 Å². The normalized spacial score (nSPS) is 14.3. The summed E-state index contributed by atoms with van der Waals surface area (Å²) in [5.74, 6) is -0.643. The van der Waals surface area contributed by atoms with E-state index in [4.69, 9.17) is 5.11 Å². The second-order valence-electron chi connectivity index (χ2n) is 4.52. The molecule has 96 valence electrons. The predicted octanol–water partition coefficient (Wildman–Crippen LogP) is 1.66. The Kier molecular flexibility index (Phi) is 2.63. The van der Waals surface area contributed by atoms with Crippen molar-refractivity contribution < 1.29 is 14.7 Å². The Morgan fingerprint density at radius 2 is 2.00 bits per heavy atom. The minimum Gasteiger partial charge on any atom is -0.478 e. The average molecular weight is 257 g/mol. The van der Waals surface area contributed by atoms with Crippen LogP contribution in [0, 0.1) is 0 Å². The summed E-state index contributed by atoms with van der Waals surface area (Å²) in [6.07, 6.45) is 2.77. The van der Waals surface area contributed by atoms with Gasteiger partial charge in [0.15, 0.2) is 6.29 Å². The third-order valence-corrected chi connectivity index (χ3v) is 3.17. The largest absolute Gasteiger partial charge is 0.478 e. The smallest absolute Gasteiger partial charge is 0.335 e. The molecule has 0 amide bonds. The zero-order valence-corrected chi connectivity index (χ0v) is 9.98. The third kappa shape index (κ3) is 2.01. The first-order chi connectivity index (χ1) is 9.20. The zero-order chi connectivity index (χ0) is 13.4. The van der Waals surface area contributed by atoms with Crippen LogP contribution in [0.3, 0.4) is 0 Å². The van der Waals surface area contributed by atoms with E-state index in [9.17, 15) is 9.59 Å². The highest BCUT2D eigenvalue weighted by Crippen LogP contribution is 2.41. The summed E-state index contributed by atoms with van der Waals surface area (Å²) in [6, 6.07) is 6.35. The summed E-state index contributed by atoms with van der Waals surface area (Å²) >= 11 is 0. The van der Waals surface area contributed by atoms with Crippen LogP contribution in [0.15, 0.2) is 24.3 Å². The maximum Gasteiger partial charge on any atom is 0.335 e. The Labute approximate surface area is 108 Å². The number of aldehydes is 1. The summed E-state index contributed by atoms with van der Waals surface area (Å²) < 4.78 is 1.62. The zero-order valence-electron chi connectivity index (χ0n) is 9.98. The van der Waals surface area contributed by atoms with E-state index in [1.807, 2.05) is 0 Å². The van der Waals surface area contributed by atoms with Gasteiger partial charge in [0, 0.05) is 5.92 Å². The summed E-state index contributed by atoms with van der Waals surface area (Å²) in [5, 5.41) is 16.7. The fourth-order valence-corrected chi connectivity index (χ4v) is 2.06. The molecule has 6 nitrogen and oxygen atoms in total. The number of benzene rings is 1. The maximum absolute atomic E-state index is 11.0. The molecule has 0 saturated heterocycles. The molecule has 6 heteroatoms. The number of carbonyl (C=O) groups is 2. The van der Waals surface area contributed by atoms with Crippen molar-refractivity contribution in [2.75, 3.05) is 0 Å². The van der Waals surface area contributed by atoms with Crippen LogP contribution in [0.5, 0.6) is 0 Å². The number of aromatic carboxylic acids is 1. The minimum absolute atomic E-state index is 0.215. The number of rotatable bonds is 4. The molecule has 1 aromatic heterocycles. The molecule has 0 aliphatic heterocycles. The average Bonchev–Trinajstić information content (AvgIpc) is 3.17. The van der Waals surface area contributed by atoms with Crippen molar-refractivity contribution in [2.24, 2.45) is 0 Å². The number of carboxylic acids is 1. The summed E-state index contributed by atoms with van der Waals surface area (Å²) in [4.78, 5) is 21.8. The van der Waals surface area contributed by atoms with Crippen LogP contribution in [-0.2, 0) is 0 Å². The lowest BCUT2D eigenvalue weighted by Gasteiger charge is -2.05. The van der Waals surface area contributed by atoms with E-state index >= 15 is 0 Å². The predicted molar refractivity (Wildman–Crippen MR) is 65.7 cm³/mol. The van der Waals surface area contributed by atoms with Gasteiger partial charge in [-0.1, -0.05) is 5.21 Å². The molecule has 1 N–H and O–H groups in total. The van der Waals surface area contributed by atoms with E-state index in [1.165, 1.54) is 12.1 Å². The first kappa shape index (κ1) is 11.6.